The van der Waals surface area contributed by atoms with Crippen LogP contribution in [-0.2, 0) is 0 Å². The van der Waals surface area contributed by atoms with Gasteiger partial charge in [0.1, 0.15) is 0 Å². The summed E-state index contributed by atoms with van der Waals surface area (Å²) in [6.45, 7) is 6.25. The summed E-state index contributed by atoms with van der Waals surface area (Å²) in [6, 6.07) is 0. The maximum atomic E-state index is 2.08. The molecule has 0 aromatic rings. The molecule has 0 heterocycles. The van der Waals surface area contributed by atoms with Gasteiger partial charge in [-0.05, 0) is 0 Å². The Morgan fingerprint density at radius 1 is 0.875 bits per heavy atom. The van der Waals surface area contributed by atoms with Crippen molar-refractivity contribution in [3.8, 4) is 0 Å². The Balaban J connectivity index is -0.00000000750. The molecule has 0 aromatic heterocycles. The van der Waals surface area contributed by atoms with Crippen LogP contribution in [0.3, 0.4) is 0 Å². The third kappa shape index (κ3) is 101. The monoisotopic (exact) mass is 158 g/mol. The largest absolute Gasteiger partial charge is 2.00 e. The fraction of sp³-hybridized carbons (Fsp3) is 0.750. The molecule has 42 valence electrons. The molecular weight excluding hydrogens is 150 g/mol. The van der Waals surface area contributed by atoms with Crippen LogP contribution in [0.4, 0.5) is 0 Å². The summed E-state index contributed by atoms with van der Waals surface area (Å²) < 4.78 is 0. The average molecular weight is 159 g/mol. The van der Waals surface area contributed by atoms with Gasteiger partial charge < -0.3 is 30.7 Å². The van der Waals surface area contributed by atoms with Crippen LogP contribution in [0.1, 0.15) is 20.8 Å². The van der Waals surface area contributed by atoms with E-state index in [1.165, 1.54) is 5.92 Å². The first kappa shape index (κ1) is 32.5. The Morgan fingerprint density at radius 3 is 0.875 bits per heavy atom. The van der Waals surface area contributed by atoms with Crippen LogP contribution < -0.4 is 43.7 Å². The quantitative estimate of drug-likeness (QED) is 0.243. The molecule has 0 rings (SSSR count). The molecule has 0 radical (unpaired) electrons. The molecule has 0 aliphatic rings. The van der Waals surface area contributed by atoms with Crippen LogP contribution in [0.2, 0.25) is 0 Å². The molecule has 0 spiro atoms. The van der Waals surface area contributed by atoms with E-state index in [0.29, 0.717) is 0 Å². The van der Waals surface area contributed by atoms with Crippen molar-refractivity contribution < 1.29 is 43.7 Å². The molecule has 8 heavy (non-hydrogen) atoms. The van der Waals surface area contributed by atoms with Crippen molar-refractivity contribution in [3.63, 3.8) is 0 Å². The molecule has 0 N–H and O–H groups in total. The Bertz CT molecular complexity index is 18.8. The van der Waals surface area contributed by atoms with Crippen LogP contribution in [0.5, 0.6) is 0 Å². The molecule has 4 heteroatoms. The van der Waals surface area contributed by atoms with Crippen molar-refractivity contribution in [2.45, 2.75) is 20.8 Å². The molecule has 0 aliphatic heterocycles. The topological polar surface area (TPSA) is 0 Å². The fourth-order valence-electron chi connectivity index (χ4n) is 0. The van der Waals surface area contributed by atoms with Gasteiger partial charge in [0.25, 0.3) is 0 Å². The van der Waals surface area contributed by atoms with E-state index in [0.717, 1.165) is 0 Å². The van der Waals surface area contributed by atoms with Gasteiger partial charge in [-0.15, -0.1) is 0 Å². The van der Waals surface area contributed by atoms with Gasteiger partial charge in [-0.1, -0.05) is 0 Å². The Labute approximate surface area is 92.7 Å². The van der Waals surface area contributed by atoms with Crippen molar-refractivity contribution in [1.29, 1.82) is 0 Å². The van der Waals surface area contributed by atoms with Crippen molar-refractivity contribution >= 4 is 23.1 Å². The summed E-state index contributed by atoms with van der Waals surface area (Å²) in [5.74, 6) is 1.42. The first-order chi connectivity index (χ1) is 1.73. The second kappa shape index (κ2) is 23.1. The van der Waals surface area contributed by atoms with E-state index in [4.69, 9.17) is 0 Å². The molecule has 0 saturated carbocycles. The SMILES string of the molecule is C[C-](C)C.[Cl-].[Cl-].[Li+].[Mg+2]. The smallest absolute Gasteiger partial charge is 1.00 e. The van der Waals surface area contributed by atoms with Crippen LogP contribution in [0, 0.1) is 5.92 Å². The van der Waals surface area contributed by atoms with Gasteiger partial charge in [0.2, 0.25) is 0 Å². The van der Waals surface area contributed by atoms with Crippen molar-refractivity contribution in [2.24, 2.45) is 0 Å². The van der Waals surface area contributed by atoms with Gasteiger partial charge in [0.05, 0.1) is 0 Å². The zero-order valence-electron chi connectivity index (χ0n) is 5.96. The van der Waals surface area contributed by atoms with Crippen LogP contribution in [0.25, 0.3) is 0 Å². The van der Waals surface area contributed by atoms with E-state index < -0.39 is 0 Å². The molecule has 0 unspecified atom stereocenters. The van der Waals surface area contributed by atoms with E-state index in [2.05, 4.69) is 20.8 Å². The van der Waals surface area contributed by atoms with E-state index in [1.54, 1.807) is 0 Å². The zero-order valence-corrected chi connectivity index (χ0v) is 8.89. The molecule has 0 saturated heterocycles. The van der Waals surface area contributed by atoms with Crippen molar-refractivity contribution in [2.75, 3.05) is 0 Å². The molecular formula is C4H9Cl2LiMg. The maximum Gasteiger partial charge on any atom is 2.00 e. The summed E-state index contributed by atoms with van der Waals surface area (Å²) >= 11 is 0. The summed E-state index contributed by atoms with van der Waals surface area (Å²) in [4.78, 5) is 0. The third-order valence-corrected chi connectivity index (χ3v) is 0. The average Bonchev–Trinajstić information content (AvgIpc) is 0.811. The maximum absolute atomic E-state index is 2.08. The first-order valence-corrected chi connectivity index (χ1v) is 1.50. The van der Waals surface area contributed by atoms with E-state index in [9.17, 15) is 0 Å². The van der Waals surface area contributed by atoms with E-state index in [1.807, 2.05) is 0 Å². The van der Waals surface area contributed by atoms with Gasteiger partial charge in [0.15, 0.2) is 0 Å². The number of hydrogen-bond acceptors (Lipinski definition) is 0. The predicted molar refractivity (Wildman–Crippen MR) is 26.0 cm³/mol. The second-order valence-corrected chi connectivity index (χ2v) is 1.50. The Kier molecular flexibility index (Phi) is 93.9. The second-order valence-electron chi connectivity index (χ2n) is 1.50. The standard InChI is InChI=1S/C4H9.2ClH.Li.Mg/c1-4(2)3;;;;/h1-3H3;2*1H;;/q-1;;;+1;+2/p-2. The number of rotatable bonds is 0. The Morgan fingerprint density at radius 2 is 0.875 bits per heavy atom. The van der Waals surface area contributed by atoms with Gasteiger partial charge in [-0.2, -0.15) is 20.8 Å². The minimum absolute atomic E-state index is 0. The zero-order chi connectivity index (χ0) is 3.58. The molecule has 0 amide bonds. The summed E-state index contributed by atoms with van der Waals surface area (Å²) in [5.41, 5.74) is 0. The molecule has 0 aliphatic carbocycles. The molecule has 0 nitrogen and oxygen atoms in total. The summed E-state index contributed by atoms with van der Waals surface area (Å²) in [7, 11) is 0. The summed E-state index contributed by atoms with van der Waals surface area (Å²) in [5, 5.41) is 0. The normalized spacial score (nSPS) is 4.50. The number of hydrogen-bond donors (Lipinski definition) is 0. The van der Waals surface area contributed by atoms with Gasteiger partial charge >= 0.3 is 41.9 Å². The van der Waals surface area contributed by atoms with Crippen molar-refractivity contribution in [3.05, 3.63) is 5.92 Å². The van der Waals surface area contributed by atoms with Crippen molar-refractivity contribution in [1.82, 2.24) is 0 Å². The van der Waals surface area contributed by atoms with Crippen LogP contribution in [0.15, 0.2) is 0 Å². The fourth-order valence-corrected chi connectivity index (χ4v) is 0. The molecule has 0 fully saturated rings. The van der Waals surface area contributed by atoms with Gasteiger partial charge in [0, 0.05) is 0 Å². The van der Waals surface area contributed by atoms with E-state index >= 15 is 0 Å². The molecule has 0 aromatic carbocycles. The molecule has 0 bridgehead atoms. The first-order valence-electron chi connectivity index (χ1n) is 1.50. The minimum atomic E-state index is 0. The minimum Gasteiger partial charge on any atom is -1.00 e. The molecule has 0 atom stereocenters. The third-order valence-electron chi connectivity index (χ3n) is 0. The Hall–Kier alpha value is 1.94. The van der Waals surface area contributed by atoms with Crippen LogP contribution >= 0.6 is 0 Å². The van der Waals surface area contributed by atoms with Gasteiger partial charge in [-0.3, -0.25) is 0 Å². The predicted octanol–water partition coefficient (Wildman–Crippen LogP) is -7.75. The summed E-state index contributed by atoms with van der Waals surface area (Å²) in [6.07, 6.45) is 0. The van der Waals surface area contributed by atoms with Gasteiger partial charge in [-0.25, -0.2) is 0 Å². The van der Waals surface area contributed by atoms with Crippen LogP contribution in [-0.4, -0.2) is 23.1 Å². The number of halogens is 2. The van der Waals surface area contributed by atoms with E-state index in [-0.39, 0.29) is 66.7 Å².